The molecule has 5 nitrogen and oxygen atoms in total. The van der Waals surface area contributed by atoms with Gasteiger partial charge < -0.3 is 14.8 Å². The van der Waals surface area contributed by atoms with Crippen molar-refractivity contribution in [3.05, 3.63) is 36.2 Å². The van der Waals surface area contributed by atoms with Crippen LogP contribution in [-0.4, -0.2) is 23.6 Å². The summed E-state index contributed by atoms with van der Waals surface area (Å²) < 4.78 is 11.4. The average Bonchev–Trinajstić information content (AvgIpc) is 2.48. The number of ether oxygens (including phenoxy) is 2. The van der Waals surface area contributed by atoms with Crippen LogP contribution in [-0.2, 0) is 0 Å². The molecule has 2 aromatic rings. The van der Waals surface area contributed by atoms with E-state index in [1.54, 1.807) is 7.11 Å². The molecule has 0 aliphatic heterocycles. The van der Waals surface area contributed by atoms with Crippen LogP contribution in [0.15, 0.2) is 30.6 Å². The van der Waals surface area contributed by atoms with E-state index >= 15 is 0 Å². The number of rotatable bonds is 6. The Labute approximate surface area is 125 Å². The SMILES string of the molecule is CCNc1ncnc(Oc2ccccc2C(C)C)c1OC. The third kappa shape index (κ3) is 3.42. The zero-order valence-corrected chi connectivity index (χ0v) is 12.9. The van der Waals surface area contributed by atoms with Crippen LogP contribution in [0.3, 0.4) is 0 Å². The number of nitrogens with zero attached hydrogens (tertiary/aromatic N) is 2. The van der Waals surface area contributed by atoms with E-state index in [9.17, 15) is 0 Å². The van der Waals surface area contributed by atoms with Gasteiger partial charge in [-0.05, 0) is 24.5 Å². The van der Waals surface area contributed by atoms with Crippen LogP contribution in [0.4, 0.5) is 5.82 Å². The van der Waals surface area contributed by atoms with Crippen molar-refractivity contribution in [1.82, 2.24) is 9.97 Å². The minimum Gasteiger partial charge on any atom is -0.489 e. The first-order chi connectivity index (χ1) is 10.2. The van der Waals surface area contributed by atoms with Crippen LogP contribution in [0.2, 0.25) is 0 Å². The fraction of sp³-hybridized carbons (Fsp3) is 0.375. The van der Waals surface area contributed by atoms with E-state index in [0.29, 0.717) is 23.4 Å². The Bertz CT molecular complexity index is 600. The molecule has 0 unspecified atom stereocenters. The number of anilines is 1. The van der Waals surface area contributed by atoms with Crippen LogP contribution < -0.4 is 14.8 Å². The maximum atomic E-state index is 5.96. The normalized spacial score (nSPS) is 10.5. The highest BCUT2D eigenvalue weighted by Gasteiger charge is 2.16. The lowest BCUT2D eigenvalue weighted by Crippen LogP contribution is -2.05. The molecule has 0 saturated carbocycles. The Morgan fingerprint density at radius 2 is 1.95 bits per heavy atom. The van der Waals surface area contributed by atoms with Gasteiger partial charge in [0.05, 0.1) is 7.11 Å². The molecular formula is C16H21N3O2. The molecule has 21 heavy (non-hydrogen) atoms. The number of hydrogen-bond donors (Lipinski definition) is 1. The Morgan fingerprint density at radius 3 is 2.62 bits per heavy atom. The van der Waals surface area contributed by atoms with Crippen LogP contribution in [0.25, 0.3) is 0 Å². The van der Waals surface area contributed by atoms with Gasteiger partial charge in [-0.2, -0.15) is 4.98 Å². The standard InChI is InChI=1S/C16H21N3O2/c1-5-17-15-14(20-4)16(19-10-18-15)21-13-9-7-6-8-12(13)11(2)3/h6-11H,5H2,1-4H3,(H,17,18,19). The molecule has 1 heterocycles. The summed E-state index contributed by atoms with van der Waals surface area (Å²) in [6.45, 7) is 7.00. The minimum atomic E-state index is 0.363. The summed E-state index contributed by atoms with van der Waals surface area (Å²) in [4.78, 5) is 8.36. The van der Waals surface area contributed by atoms with E-state index in [1.807, 2.05) is 25.1 Å². The number of aromatic nitrogens is 2. The first-order valence-electron chi connectivity index (χ1n) is 7.07. The quantitative estimate of drug-likeness (QED) is 0.875. The van der Waals surface area contributed by atoms with Crippen LogP contribution in [0, 0.1) is 0 Å². The minimum absolute atomic E-state index is 0.363. The molecule has 0 radical (unpaired) electrons. The lowest BCUT2D eigenvalue weighted by molar-refractivity contribution is 0.367. The van der Waals surface area contributed by atoms with Gasteiger partial charge in [-0.1, -0.05) is 32.0 Å². The fourth-order valence-electron chi connectivity index (χ4n) is 2.06. The first kappa shape index (κ1) is 15.1. The lowest BCUT2D eigenvalue weighted by Gasteiger charge is -2.15. The second kappa shape index (κ2) is 6.92. The highest BCUT2D eigenvalue weighted by molar-refractivity contribution is 5.56. The summed E-state index contributed by atoms with van der Waals surface area (Å²) in [5.74, 6) is 2.70. The highest BCUT2D eigenvalue weighted by Crippen LogP contribution is 2.36. The fourth-order valence-corrected chi connectivity index (χ4v) is 2.06. The number of para-hydroxylation sites is 1. The van der Waals surface area contributed by atoms with Crippen molar-refractivity contribution in [2.24, 2.45) is 0 Å². The van der Waals surface area contributed by atoms with E-state index in [1.165, 1.54) is 6.33 Å². The summed E-state index contributed by atoms with van der Waals surface area (Å²) in [7, 11) is 1.58. The lowest BCUT2D eigenvalue weighted by atomic mass is 10.0. The molecule has 5 heteroatoms. The summed E-state index contributed by atoms with van der Waals surface area (Å²) in [5, 5.41) is 3.13. The van der Waals surface area contributed by atoms with E-state index in [0.717, 1.165) is 17.9 Å². The van der Waals surface area contributed by atoms with Gasteiger partial charge in [-0.3, -0.25) is 0 Å². The van der Waals surface area contributed by atoms with Gasteiger partial charge in [0.1, 0.15) is 12.1 Å². The molecule has 112 valence electrons. The topological polar surface area (TPSA) is 56.3 Å². The van der Waals surface area contributed by atoms with Gasteiger partial charge in [0.2, 0.25) is 5.75 Å². The second-order valence-electron chi connectivity index (χ2n) is 4.89. The molecule has 0 spiro atoms. The number of benzene rings is 1. The van der Waals surface area contributed by atoms with Gasteiger partial charge >= 0.3 is 0 Å². The van der Waals surface area contributed by atoms with Crippen LogP contribution in [0.1, 0.15) is 32.3 Å². The largest absolute Gasteiger partial charge is 0.489 e. The maximum Gasteiger partial charge on any atom is 0.268 e. The summed E-state index contributed by atoms with van der Waals surface area (Å²) >= 11 is 0. The maximum absolute atomic E-state index is 5.96. The van der Waals surface area contributed by atoms with Gasteiger partial charge in [0.25, 0.3) is 5.88 Å². The summed E-state index contributed by atoms with van der Waals surface area (Å²) in [6.07, 6.45) is 1.47. The molecule has 0 aliphatic rings. The molecular weight excluding hydrogens is 266 g/mol. The molecule has 0 atom stereocenters. The van der Waals surface area contributed by atoms with Gasteiger partial charge in [0.15, 0.2) is 5.82 Å². The Kier molecular flexibility index (Phi) is 4.98. The third-order valence-electron chi connectivity index (χ3n) is 3.07. The molecule has 0 fully saturated rings. The number of methoxy groups -OCH3 is 1. The van der Waals surface area contributed by atoms with E-state index in [-0.39, 0.29) is 0 Å². The van der Waals surface area contributed by atoms with Crippen molar-refractivity contribution in [2.75, 3.05) is 19.0 Å². The molecule has 0 aliphatic carbocycles. The van der Waals surface area contributed by atoms with Crippen molar-refractivity contribution in [3.8, 4) is 17.4 Å². The van der Waals surface area contributed by atoms with E-state index in [4.69, 9.17) is 9.47 Å². The molecule has 0 bridgehead atoms. The molecule has 1 aromatic carbocycles. The Hall–Kier alpha value is -2.30. The van der Waals surface area contributed by atoms with Crippen LogP contribution in [0.5, 0.6) is 17.4 Å². The molecule has 2 rings (SSSR count). The Balaban J connectivity index is 2.38. The van der Waals surface area contributed by atoms with Crippen molar-refractivity contribution in [3.63, 3.8) is 0 Å². The predicted octanol–water partition coefficient (Wildman–Crippen LogP) is 3.83. The smallest absolute Gasteiger partial charge is 0.268 e. The Morgan fingerprint density at radius 1 is 1.19 bits per heavy atom. The highest BCUT2D eigenvalue weighted by atomic mass is 16.5. The second-order valence-corrected chi connectivity index (χ2v) is 4.89. The van der Waals surface area contributed by atoms with Gasteiger partial charge in [0, 0.05) is 6.54 Å². The number of hydrogen-bond acceptors (Lipinski definition) is 5. The summed E-state index contributed by atoms with van der Waals surface area (Å²) in [6, 6.07) is 7.94. The zero-order chi connectivity index (χ0) is 15.2. The molecule has 1 N–H and O–H groups in total. The third-order valence-corrected chi connectivity index (χ3v) is 3.07. The first-order valence-corrected chi connectivity index (χ1v) is 7.07. The van der Waals surface area contributed by atoms with E-state index < -0.39 is 0 Å². The van der Waals surface area contributed by atoms with Crippen molar-refractivity contribution in [2.45, 2.75) is 26.7 Å². The van der Waals surface area contributed by atoms with E-state index in [2.05, 4.69) is 35.2 Å². The van der Waals surface area contributed by atoms with Crippen LogP contribution >= 0.6 is 0 Å². The molecule has 1 aromatic heterocycles. The predicted molar refractivity (Wildman–Crippen MR) is 83.4 cm³/mol. The molecule has 0 amide bonds. The van der Waals surface area contributed by atoms with Gasteiger partial charge in [-0.25, -0.2) is 4.98 Å². The average molecular weight is 287 g/mol. The number of nitrogens with one attached hydrogen (secondary N) is 1. The van der Waals surface area contributed by atoms with Gasteiger partial charge in [-0.15, -0.1) is 0 Å². The summed E-state index contributed by atoms with van der Waals surface area (Å²) in [5.41, 5.74) is 1.13. The molecule has 0 saturated heterocycles. The zero-order valence-electron chi connectivity index (χ0n) is 12.9. The van der Waals surface area contributed by atoms with Crippen molar-refractivity contribution >= 4 is 5.82 Å². The van der Waals surface area contributed by atoms with Crippen molar-refractivity contribution in [1.29, 1.82) is 0 Å². The monoisotopic (exact) mass is 287 g/mol. The van der Waals surface area contributed by atoms with Crippen molar-refractivity contribution < 1.29 is 9.47 Å².